The van der Waals surface area contributed by atoms with Gasteiger partial charge in [0, 0.05) is 18.6 Å². The summed E-state index contributed by atoms with van der Waals surface area (Å²) in [6, 6.07) is 10.3. The monoisotopic (exact) mass is 341 g/mol. The molecule has 0 saturated heterocycles. The van der Waals surface area contributed by atoms with E-state index in [1.807, 2.05) is 38.4 Å². The molecule has 2 N–H and O–H groups in total. The molecular weight excluding hydrogens is 318 g/mol. The second-order valence-electron chi connectivity index (χ2n) is 5.95. The molecule has 1 unspecified atom stereocenters. The number of nitrogens with one attached hydrogen (secondary N) is 2. The Balaban J connectivity index is 2.14. The molecule has 0 amide bonds. The van der Waals surface area contributed by atoms with Crippen molar-refractivity contribution in [2.75, 3.05) is 13.7 Å². The lowest BCUT2D eigenvalue weighted by atomic mass is 9.71. The Hall–Kier alpha value is -1.98. The molecule has 1 aliphatic carbocycles. The lowest BCUT2D eigenvalue weighted by Crippen LogP contribution is -2.48. The van der Waals surface area contributed by atoms with Crippen molar-refractivity contribution in [2.45, 2.75) is 31.6 Å². The molecule has 2 aromatic rings. The topological polar surface area (TPSA) is 46.2 Å². The average molecular weight is 341 g/mol. The molecule has 0 radical (unpaired) electrons. The zero-order valence-corrected chi connectivity index (χ0v) is 15.0. The Kier molecular flexibility index (Phi) is 5.11. The molecule has 5 heteroatoms. The first kappa shape index (κ1) is 16.9. The number of fused-ring (bicyclic) bond motifs is 1. The summed E-state index contributed by atoms with van der Waals surface area (Å²) >= 11 is 5.74. The SMILES string of the molecule is CCONC1=CCCCC1(C(=S)NC)c1cnc2ccccc2c1. The molecule has 0 spiro atoms. The van der Waals surface area contributed by atoms with Gasteiger partial charge in [-0.25, -0.2) is 0 Å². The van der Waals surface area contributed by atoms with Gasteiger partial charge in [0.05, 0.1) is 28.2 Å². The fourth-order valence-electron chi connectivity index (χ4n) is 3.39. The number of hydroxylamine groups is 1. The largest absolute Gasteiger partial charge is 0.382 e. The van der Waals surface area contributed by atoms with Gasteiger partial charge < -0.3 is 5.32 Å². The van der Waals surface area contributed by atoms with Crippen molar-refractivity contribution in [3.05, 3.63) is 53.9 Å². The Labute approximate surface area is 148 Å². The molecule has 1 aromatic heterocycles. The van der Waals surface area contributed by atoms with Crippen molar-refractivity contribution < 1.29 is 4.84 Å². The van der Waals surface area contributed by atoms with Crippen LogP contribution in [0, 0.1) is 0 Å². The summed E-state index contributed by atoms with van der Waals surface area (Å²) in [6.45, 7) is 2.56. The minimum Gasteiger partial charge on any atom is -0.382 e. The number of pyridine rings is 1. The summed E-state index contributed by atoms with van der Waals surface area (Å²) in [5.41, 5.74) is 5.80. The van der Waals surface area contributed by atoms with E-state index in [0.29, 0.717) is 6.61 Å². The number of hydrogen-bond donors (Lipinski definition) is 2. The van der Waals surface area contributed by atoms with Crippen molar-refractivity contribution in [1.29, 1.82) is 0 Å². The third kappa shape index (κ3) is 2.89. The molecule has 0 bridgehead atoms. The van der Waals surface area contributed by atoms with E-state index in [9.17, 15) is 0 Å². The van der Waals surface area contributed by atoms with Crippen LogP contribution in [0.25, 0.3) is 10.9 Å². The number of likely N-dealkylation sites (N-methyl/N-ethyl adjacent to an activating group) is 1. The number of thiocarbonyl (C=S) groups is 1. The van der Waals surface area contributed by atoms with Gasteiger partial charge in [0.1, 0.15) is 0 Å². The average Bonchev–Trinajstić information content (AvgIpc) is 2.65. The summed E-state index contributed by atoms with van der Waals surface area (Å²) in [4.78, 5) is 10.9. The summed E-state index contributed by atoms with van der Waals surface area (Å²) in [7, 11) is 1.88. The lowest BCUT2D eigenvalue weighted by Gasteiger charge is -2.39. The second kappa shape index (κ2) is 7.28. The van der Waals surface area contributed by atoms with E-state index in [0.717, 1.165) is 46.4 Å². The fraction of sp³-hybridized carbons (Fsp3) is 0.368. The van der Waals surface area contributed by atoms with Crippen LogP contribution in [0.3, 0.4) is 0 Å². The van der Waals surface area contributed by atoms with Gasteiger partial charge in [-0.15, -0.1) is 0 Å². The molecule has 24 heavy (non-hydrogen) atoms. The quantitative estimate of drug-likeness (QED) is 0.642. The van der Waals surface area contributed by atoms with Gasteiger partial charge in [-0.3, -0.25) is 15.3 Å². The van der Waals surface area contributed by atoms with Crippen LogP contribution in [0.1, 0.15) is 31.7 Å². The van der Waals surface area contributed by atoms with E-state index in [1.54, 1.807) is 0 Å². The maximum absolute atomic E-state index is 5.74. The molecule has 1 aliphatic rings. The number of nitrogens with zero attached hydrogens (tertiary/aromatic N) is 1. The molecule has 1 heterocycles. The van der Waals surface area contributed by atoms with Gasteiger partial charge in [0.25, 0.3) is 0 Å². The van der Waals surface area contributed by atoms with Gasteiger partial charge in [0.2, 0.25) is 0 Å². The number of hydrogen-bond acceptors (Lipinski definition) is 4. The van der Waals surface area contributed by atoms with Crippen LogP contribution in [-0.4, -0.2) is 23.6 Å². The summed E-state index contributed by atoms with van der Waals surface area (Å²) in [5, 5.41) is 4.32. The Morgan fingerprint density at radius 1 is 1.38 bits per heavy atom. The first-order valence-corrected chi connectivity index (χ1v) is 8.79. The molecule has 0 fully saturated rings. The minimum atomic E-state index is -0.422. The van der Waals surface area contributed by atoms with Crippen LogP contribution >= 0.6 is 12.2 Å². The first-order chi connectivity index (χ1) is 11.7. The maximum Gasteiger partial charge on any atom is 0.0919 e. The van der Waals surface area contributed by atoms with Crippen LogP contribution in [-0.2, 0) is 10.3 Å². The van der Waals surface area contributed by atoms with Crippen molar-refractivity contribution in [1.82, 2.24) is 15.8 Å². The van der Waals surface area contributed by atoms with E-state index < -0.39 is 5.41 Å². The molecule has 4 nitrogen and oxygen atoms in total. The molecular formula is C19H23N3OS. The highest BCUT2D eigenvalue weighted by atomic mass is 32.1. The molecule has 1 aromatic carbocycles. The number of allylic oxidation sites excluding steroid dienone is 1. The summed E-state index contributed by atoms with van der Waals surface area (Å²) < 4.78 is 0. The van der Waals surface area contributed by atoms with Gasteiger partial charge in [-0.05, 0) is 43.9 Å². The molecule has 3 rings (SSSR count). The molecule has 1 atom stereocenters. The van der Waals surface area contributed by atoms with Crippen LogP contribution < -0.4 is 10.8 Å². The lowest BCUT2D eigenvalue weighted by molar-refractivity contribution is 0.0643. The standard InChI is InChI=1S/C19H23N3OS/c1-3-23-22-17-10-6-7-11-19(17,18(24)20-2)15-12-14-8-4-5-9-16(14)21-13-15/h4-5,8-10,12-13,22H,3,6-7,11H2,1-2H3,(H,20,24). The van der Waals surface area contributed by atoms with E-state index in [1.165, 1.54) is 0 Å². The summed E-state index contributed by atoms with van der Waals surface area (Å²) in [5.74, 6) is 0. The fourth-order valence-corrected chi connectivity index (χ4v) is 3.72. The Bertz CT molecular complexity index is 774. The zero-order chi connectivity index (χ0) is 17.0. The minimum absolute atomic E-state index is 0.422. The summed E-state index contributed by atoms with van der Waals surface area (Å²) in [6.07, 6.45) is 7.16. The normalized spacial score (nSPS) is 20.5. The highest BCUT2D eigenvalue weighted by Gasteiger charge is 2.42. The van der Waals surface area contributed by atoms with Crippen LogP contribution in [0.15, 0.2) is 48.3 Å². The Morgan fingerprint density at radius 3 is 3.00 bits per heavy atom. The van der Waals surface area contributed by atoms with E-state index in [4.69, 9.17) is 17.1 Å². The van der Waals surface area contributed by atoms with Crippen molar-refractivity contribution in [3.8, 4) is 0 Å². The number of para-hydroxylation sites is 1. The van der Waals surface area contributed by atoms with Gasteiger partial charge in [-0.2, -0.15) is 0 Å². The van der Waals surface area contributed by atoms with Gasteiger partial charge in [-0.1, -0.05) is 36.5 Å². The van der Waals surface area contributed by atoms with Gasteiger partial charge >= 0.3 is 0 Å². The second-order valence-corrected chi connectivity index (χ2v) is 6.35. The predicted molar refractivity (Wildman–Crippen MR) is 102 cm³/mol. The van der Waals surface area contributed by atoms with Gasteiger partial charge in [0.15, 0.2) is 0 Å². The molecule has 126 valence electrons. The number of aromatic nitrogens is 1. The van der Waals surface area contributed by atoms with Crippen molar-refractivity contribution >= 4 is 28.1 Å². The highest BCUT2D eigenvalue weighted by molar-refractivity contribution is 7.80. The van der Waals surface area contributed by atoms with Crippen LogP contribution in [0.4, 0.5) is 0 Å². The number of rotatable bonds is 5. The first-order valence-electron chi connectivity index (χ1n) is 8.38. The molecule has 0 saturated carbocycles. The number of benzene rings is 1. The third-order valence-corrected chi connectivity index (χ3v) is 5.14. The van der Waals surface area contributed by atoms with Crippen molar-refractivity contribution in [2.24, 2.45) is 0 Å². The molecule has 0 aliphatic heterocycles. The van der Waals surface area contributed by atoms with E-state index >= 15 is 0 Å². The smallest absolute Gasteiger partial charge is 0.0919 e. The van der Waals surface area contributed by atoms with Crippen molar-refractivity contribution in [3.63, 3.8) is 0 Å². The zero-order valence-electron chi connectivity index (χ0n) is 14.1. The van der Waals surface area contributed by atoms with Crippen LogP contribution in [0.2, 0.25) is 0 Å². The van der Waals surface area contributed by atoms with E-state index in [2.05, 4.69) is 34.0 Å². The van der Waals surface area contributed by atoms with Crippen LogP contribution in [0.5, 0.6) is 0 Å². The Morgan fingerprint density at radius 2 is 2.21 bits per heavy atom. The highest BCUT2D eigenvalue weighted by Crippen LogP contribution is 2.41. The maximum atomic E-state index is 5.74. The van der Waals surface area contributed by atoms with E-state index in [-0.39, 0.29) is 0 Å². The predicted octanol–water partition coefficient (Wildman–Crippen LogP) is 3.63. The third-order valence-electron chi connectivity index (χ3n) is 4.59.